The van der Waals surface area contributed by atoms with Gasteiger partial charge in [0.1, 0.15) is 4.99 Å². The zero-order valence-electron chi connectivity index (χ0n) is 7.82. The van der Waals surface area contributed by atoms with Gasteiger partial charge in [-0.05, 0) is 6.07 Å². The van der Waals surface area contributed by atoms with Gasteiger partial charge in [-0.25, -0.2) is 0 Å². The number of rotatable bonds is 1. The standard InChI is InChI=1S/C10H11N3S/c1-13-7-5-3-2-4-6(7)8(11)9(13)10(12)14/h2-5H,11H2,1H3,(H2,12,14). The van der Waals surface area contributed by atoms with E-state index in [0.717, 1.165) is 16.6 Å². The first-order chi connectivity index (χ1) is 6.63. The predicted octanol–water partition coefficient (Wildman–Crippen LogP) is 1.39. The molecule has 0 radical (unpaired) electrons. The van der Waals surface area contributed by atoms with E-state index in [2.05, 4.69) is 0 Å². The Labute approximate surface area is 87.3 Å². The highest BCUT2D eigenvalue weighted by Gasteiger charge is 2.13. The van der Waals surface area contributed by atoms with Crippen molar-refractivity contribution in [3.63, 3.8) is 0 Å². The Hall–Kier alpha value is -1.55. The zero-order chi connectivity index (χ0) is 10.3. The monoisotopic (exact) mass is 205 g/mol. The summed E-state index contributed by atoms with van der Waals surface area (Å²) in [6.07, 6.45) is 0. The fraction of sp³-hybridized carbons (Fsp3) is 0.100. The van der Waals surface area contributed by atoms with E-state index in [-0.39, 0.29) is 0 Å². The fourth-order valence-electron chi connectivity index (χ4n) is 1.72. The largest absolute Gasteiger partial charge is 0.396 e. The maximum absolute atomic E-state index is 5.95. The van der Waals surface area contributed by atoms with Crippen molar-refractivity contribution in [3.8, 4) is 0 Å². The zero-order valence-corrected chi connectivity index (χ0v) is 8.64. The first kappa shape index (κ1) is 9.02. The molecule has 4 N–H and O–H groups in total. The van der Waals surface area contributed by atoms with Crippen LogP contribution in [0.3, 0.4) is 0 Å². The molecular weight excluding hydrogens is 194 g/mol. The number of aryl methyl sites for hydroxylation is 1. The van der Waals surface area contributed by atoms with Gasteiger partial charge in [-0.15, -0.1) is 0 Å². The van der Waals surface area contributed by atoms with Crippen molar-refractivity contribution >= 4 is 33.8 Å². The molecule has 0 saturated heterocycles. The lowest BCUT2D eigenvalue weighted by atomic mass is 10.2. The van der Waals surface area contributed by atoms with Gasteiger partial charge in [0, 0.05) is 12.4 Å². The van der Waals surface area contributed by atoms with Gasteiger partial charge in [0.2, 0.25) is 0 Å². The highest BCUT2D eigenvalue weighted by atomic mass is 32.1. The van der Waals surface area contributed by atoms with Crippen molar-refractivity contribution in [2.24, 2.45) is 12.8 Å². The summed E-state index contributed by atoms with van der Waals surface area (Å²) in [6.45, 7) is 0. The number of anilines is 1. The molecule has 1 heterocycles. The minimum Gasteiger partial charge on any atom is -0.396 e. The molecule has 0 aliphatic carbocycles. The molecule has 0 atom stereocenters. The normalized spacial score (nSPS) is 10.6. The molecule has 3 nitrogen and oxygen atoms in total. The second-order valence-corrected chi connectivity index (χ2v) is 3.64. The summed E-state index contributed by atoms with van der Waals surface area (Å²) in [5.74, 6) is 0. The Kier molecular flexibility index (Phi) is 1.93. The van der Waals surface area contributed by atoms with Crippen LogP contribution in [0.2, 0.25) is 0 Å². The van der Waals surface area contributed by atoms with Crippen LogP contribution in [-0.2, 0) is 7.05 Å². The molecule has 2 aromatic rings. The van der Waals surface area contributed by atoms with Crippen LogP contribution in [0.15, 0.2) is 24.3 Å². The second-order valence-electron chi connectivity index (χ2n) is 3.20. The Morgan fingerprint density at radius 2 is 2.00 bits per heavy atom. The van der Waals surface area contributed by atoms with E-state index in [1.54, 1.807) is 0 Å². The average molecular weight is 205 g/mol. The van der Waals surface area contributed by atoms with Crippen LogP contribution in [0.4, 0.5) is 5.69 Å². The van der Waals surface area contributed by atoms with E-state index in [9.17, 15) is 0 Å². The molecule has 72 valence electrons. The minimum absolute atomic E-state index is 0.334. The molecule has 1 aromatic heterocycles. The van der Waals surface area contributed by atoms with Gasteiger partial charge in [-0.1, -0.05) is 30.4 Å². The fourth-order valence-corrected chi connectivity index (χ4v) is 1.97. The Morgan fingerprint density at radius 3 is 2.57 bits per heavy atom. The Balaban J connectivity index is 2.92. The van der Waals surface area contributed by atoms with Gasteiger partial charge in [0.15, 0.2) is 0 Å². The quantitative estimate of drug-likeness (QED) is 0.692. The van der Waals surface area contributed by atoms with Crippen LogP contribution in [-0.4, -0.2) is 9.56 Å². The van der Waals surface area contributed by atoms with Gasteiger partial charge in [-0.2, -0.15) is 0 Å². The molecule has 4 heteroatoms. The molecule has 0 saturated carbocycles. The molecular formula is C10H11N3S. The third-order valence-corrected chi connectivity index (χ3v) is 2.57. The summed E-state index contributed by atoms with van der Waals surface area (Å²) in [4.78, 5) is 0.334. The van der Waals surface area contributed by atoms with Crippen molar-refractivity contribution in [1.82, 2.24) is 4.57 Å². The topological polar surface area (TPSA) is 57.0 Å². The lowest BCUT2D eigenvalue weighted by Gasteiger charge is -2.01. The lowest BCUT2D eigenvalue weighted by molar-refractivity contribution is 0.957. The Morgan fingerprint density at radius 1 is 1.36 bits per heavy atom. The Bertz CT molecular complexity index is 474. The van der Waals surface area contributed by atoms with Gasteiger partial charge in [0.25, 0.3) is 0 Å². The SMILES string of the molecule is Cn1c(C(N)=S)c(N)c2ccccc21. The van der Waals surface area contributed by atoms with Crippen molar-refractivity contribution in [1.29, 1.82) is 0 Å². The molecule has 2 rings (SSSR count). The molecule has 0 spiro atoms. The number of nitrogen functional groups attached to an aromatic ring is 1. The maximum Gasteiger partial charge on any atom is 0.122 e. The lowest BCUT2D eigenvalue weighted by Crippen LogP contribution is -2.15. The molecule has 1 aromatic carbocycles. The summed E-state index contributed by atoms with van der Waals surface area (Å²) in [5, 5.41) is 0.998. The van der Waals surface area contributed by atoms with Crippen LogP contribution in [0.25, 0.3) is 10.9 Å². The van der Waals surface area contributed by atoms with Crippen LogP contribution in [0, 0.1) is 0 Å². The van der Waals surface area contributed by atoms with Crippen LogP contribution in [0.5, 0.6) is 0 Å². The number of benzene rings is 1. The van der Waals surface area contributed by atoms with Crippen molar-refractivity contribution in [2.75, 3.05) is 5.73 Å². The van der Waals surface area contributed by atoms with Crippen molar-refractivity contribution < 1.29 is 0 Å². The highest BCUT2D eigenvalue weighted by molar-refractivity contribution is 7.80. The first-order valence-corrected chi connectivity index (χ1v) is 4.66. The molecule has 0 aliphatic rings. The average Bonchev–Trinajstić information content (AvgIpc) is 2.41. The van der Waals surface area contributed by atoms with Gasteiger partial charge < -0.3 is 16.0 Å². The number of para-hydroxylation sites is 1. The number of hydrogen-bond acceptors (Lipinski definition) is 2. The number of nitrogens with zero attached hydrogens (tertiary/aromatic N) is 1. The van der Waals surface area contributed by atoms with E-state index in [4.69, 9.17) is 23.7 Å². The number of nitrogens with two attached hydrogens (primary N) is 2. The highest BCUT2D eigenvalue weighted by Crippen LogP contribution is 2.26. The number of fused-ring (bicyclic) bond motifs is 1. The summed E-state index contributed by atoms with van der Waals surface area (Å²) >= 11 is 4.95. The summed E-state index contributed by atoms with van der Waals surface area (Å²) in [6, 6.07) is 7.87. The van der Waals surface area contributed by atoms with Crippen molar-refractivity contribution in [3.05, 3.63) is 30.0 Å². The van der Waals surface area contributed by atoms with Crippen LogP contribution in [0.1, 0.15) is 5.69 Å². The van der Waals surface area contributed by atoms with Gasteiger partial charge in [0.05, 0.1) is 16.9 Å². The third kappa shape index (κ3) is 1.08. The van der Waals surface area contributed by atoms with Crippen molar-refractivity contribution in [2.45, 2.75) is 0 Å². The number of hydrogen-bond donors (Lipinski definition) is 2. The van der Waals surface area contributed by atoms with Crippen LogP contribution >= 0.6 is 12.2 Å². The van der Waals surface area contributed by atoms with E-state index >= 15 is 0 Å². The van der Waals surface area contributed by atoms with E-state index in [0.29, 0.717) is 10.7 Å². The van der Waals surface area contributed by atoms with E-state index in [1.807, 2.05) is 35.9 Å². The molecule has 0 aliphatic heterocycles. The van der Waals surface area contributed by atoms with Gasteiger partial charge in [-0.3, -0.25) is 0 Å². The first-order valence-electron chi connectivity index (χ1n) is 4.25. The second kappa shape index (κ2) is 2.99. The molecule has 0 unspecified atom stereocenters. The number of thiocarbonyl (C=S) groups is 1. The maximum atomic E-state index is 5.95. The van der Waals surface area contributed by atoms with Crippen LogP contribution < -0.4 is 11.5 Å². The molecule has 0 fully saturated rings. The molecule has 14 heavy (non-hydrogen) atoms. The third-order valence-electron chi connectivity index (χ3n) is 2.38. The summed E-state index contributed by atoms with van der Waals surface area (Å²) < 4.78 is 1.92. The van der Waals surface area contributed by atoms with Gasteiger partial charge >= 0.3 is 0 Å². The smallest absolute Gasteiger partial charge is 0.122 e. The van der Waals surface area contributed by atoms with E-state index in [1.165, 1.54) is 0 Å². The van der Waals surface area contributed by atoms with E-state index < -0.39 is 0 Å². The number of aromatic nitrogens is 1. The molecule has 0 bridgehead atoms. The summed E-state index contributed by atoms with van der Waals surface area (Å²) in [7, 11) is 1.91. The molecule has 0 amide bonds. The minimum atomic E-state index is 0.334. The summed E-state index contributed by atoms with van der Waals surface area (Å²) in [5.41, 5.74) is 14.0. The predicted molar refractivity (Wildman–Crippen MR) is 63.2 cm³/mol.